The molecule has 100 valence electrons. The molecule has 0 saturated carbocycles. The maximum absolute atomic E-state index is 12.6. The van der Waals surface area contributed by atoms with E-state index in [0.717, 1.165) is 12.1 Å². The van der Waals surface area contributed by atoms with Gasteiger partial charge in [0.2, 0.25) is 0 Å². The van der Waals surface area contributed by atoms with Gasteiger partial charge in [0.05, 0.1) is 17.7 Å². The van der Waals surface area contributed by atoms with E-state index < -0.39 is 17.3 Å². The lowest BCUT2D eigenvalue weighted by molar-refractivity contribution is -0.137. The Morgan fingerprint density at radius 1 is 1.39 bits per heavy atom. The summed E-state index contributed by atoms with van der Waals surface area (Å²) in [5.74, 6) is 0. The fourth-order valence-corrected chi connectivity index (χ4v) is 2.12. The molecule has 0 aromatic heterocycles. The predicted octanol–water partition coefficient (Wildman–Crippen LogP) is 1.61. The van der Waals surface area contributed by atoms with Gasteiger partial charge in [-0.3, -0.25) is 0 Å². The van der Waals surface area contributed by atoms with Crippen molar-refractivity contribution in [2.24, 2.45) is 5.73 Å². The smallest absolute Gasteiger partial charge is 0.394 e. The van der Waals surface area contributed by atoms with E-state index in [2.05, 4.69) is 0 Å². The molecule has 0 bridgehead atoms. The largest absolute Gasteiger partial charge is 0.416 e. The van der Waals surface area contributed by atoms with Crippen molar-refractivity contribution in [3.8, 4) is 0 Å². The van der Waals surface area contributed by atoms with Crippen LogP contribution in [0.4, 0.5) is 18.9 Å². The van der Waals surface area contributed by atoms with Crippen molar-refractivity contribution >= 4 is 5.69 Å². The Morgan fingerprint density at radius 2 is 2.11 bits per heavy atom. The van der Waals surface area contributed by atoms with Crippen LogP contribution in [0.2, 0.25) is 0 Å². The molecule has 3 N–H and O–H groups in total. The summed E-state index contributed by atoms with van der Waals surface area (Å²) in [6.07, 6.45) is -3.77. The van der Waals surface area contributed by atoms with Crippen molar-refractivity contribution in [3.05, 3.63) is 29.8 Å². The average molecular weight is 260 g/mol. The number of nitrogens with two attached hydrogens (primary N) is 1. The Kier molecular flexibility index (Phi) is 3.25. The summed E-state index contributed by atoms with van der Waals surface area (Å²) < 4.78 is 37.8. The maximum atomic E-state index is 12.6. The van der Waals surface area contributed by atoms with Crippen LogP contribution in [-0.4, -0.2) is 30.3 Å². The summed E-state index contributed by atoms with van der Waals surface area (Å²) in [6, 6.07) is 5.16. The van der Waals surface area contributed by atoms with Gasteiger partial charge in [-0.05, 0) is 24.6 Å². The van der Waals surface area contributed by atoms with Gasteiger partial charge in [0.25, 0.3) is 0 Å². The topological polar surface area (TPSA) is 49.5 Å². The molecule has 1 aliphatic heterocycles. The van der Waals surface area contributed by atoms with Crippen molar-refractivity contribution in [1.29, 1.82) is 0 Å². The van der Waals surface area contributed by atoms with Crippen molar-refractivity contribution < 1.29 is 18.3 Å². The van der Waals surface area contributed by atoms with E-state index in [1.54, 1.807) is 11.0 Å². The van der Waals surface area contributed by atoms with E-state index in [4.69, 9.17) is 10.8 Å². The van der Waals surface area contributed by atoms with E-state index in [1.165, 1.54) is 6.07 Å². The van der Waals surface area contributed by atoms with E-state index in [0.29, 0.717) is 25.2 Å². The highest BCUT2D eigenvalue weighted by Gasteiger charge is 2.35. The lowest BCUT2D eigenvalue weighted by Gasteiger charge is -2.23. The first kappa shape index (κ1) is 13.2. The Morgan fingerprint density at radius 3 is 2.67 bits per heavy atom. The summed E-state index contributed by atoms with van der Waals surface area (Å²) in [4.78, 5) is 1.77. The van der Waals surface area contributed by atoms with Crippen LogP contribution in [-0.2, 0) is 6.18 Å². The zero-order chi connectivity index (χ0) is 13.4. The number of halogens is 3. The minimum Gasteiger partial charge on any atom is -0.394 e. The van der Waals surface area contributed by atoms with E-state index in [9.17, 15) is 13.2 Å². The maximum Gasteiger partial charge on any atom is 0.416 e. The second-order valence-corrected chi connectivity index (χ2v) is 4.74. The Labute approximate surface area is 103 Å². The summed E-state index contributed by atoms with van der Waals surface area (Å²) in [7, 11) is 0. The average Bonchev–Trinajstić information content (AvgIpc) is 2.72. The Bertz CT molecular complexity index is 436. The predicted molar refractivity (Wildman–Crippen MR) is 62.3 cm³/mol. The molecule has 0 aliphatic carbocycles. The van der Waals surface area contributed by atoms with E-state index in [-0.39, 0.29) is 6.61 Å². The molecule has 1 unspecified atom stereocenters. The molecule has 1 aliphatic rings. The third kappa shape index (κ3) is 2.59. The van der Waals surface area contributed by atoms with Gasteiger partial charge < -0.3 is 15.7 Å². The first-order valence-corrected chi connectivity index (χ1v) is 5.66. The molecule has 0 radical (unpaired) electrons. The Balaban J connectivity index is 2.21. The number of anilines is 1. The monoisotopic (exact) mass is 260 g/mol. The first-order chi connectivity index (χ1) is 8.34. The zero-order valence-electron chi connectivity index (χ0n) is 9.74. The normalized spacial score (nSPS) is 24.6. The molecule has 6 heteroatoms. The third-order valence-electron chi connectivity index (χ3n) is 3.24. The molecule has 0 amide bonds. The molecule has 1 aromatic rings. The second kappa shape index (κ2) is 4.44. The SMILES string of the molecule is NC1(CO)CCN(c2cccc(C(F)(F)F)c2)C1. The number of alkyl halides is 3. The van der Waals surface area contributed by atoms with Crippen molar-refractivity contribution in [3.63, 3.8) is 0 Å². The molecule has 3 nitrogen and oxygen atoms in total. The Hall–Kier alpha value is -1.27. The first-order valence-electron chi connectivity index (χ1n) is 5.66. The highest BCUT2D eigenvalue weighted by atomic mass is 19.4. The van der Waals surface area contributed by atoms with E-state index in [1.807, 2.05) is 0 Å². The molecule has 2 rings (SSSR count). The van der Waals surface area contributed by atoms with Gasteiger partial charge in [0.15, 0.2) is 0 Å². The zero-order valence-corrected chi connectivity index (χ0v) is 9.74. The third-order valence-corrected chi connectivity index (χ3v) is 3.24. The second-order valence-electron chi connectivity index (χ2n) is 4.74. The number of hydrogen-bond acceptors (Lipinski definition) is 3. The molecular weight excluding hydrogens is 245 g/mol. The lowest BCUT2D eigenvalue weighted by atomic mass is 10.0. The molecular formula is C12H15F3N2O. The minimum absolute atomic E-state index is 0.164. The van der Waals surface area contributed by atoms with Gasteiger partial charge >= 0.3 is 6.18 Å². The number of rotatable bonds is 2. The highest BCUT2D eigenvalue weighted by molar-refractivity contribution is 5.51. The molecule has 18 heavy (non-hydrogen) atoms. The fourth-order valence-electron chi connectivity index (χ4n) is 2.12. The molecule has 1 heterocycles. The summed E-state index contributed by atoms with van der Waals surface area (Å²) >= 11 is 0. The number of nitrogens with zero attached hydrogens (tertiary/aromatic N) is 1. The van der Waals surface area contributed by atoms with Crippen LogP contribution in [0.1, 0.15) is 12.0 Å². The van der Waals surface area contributed by atoms with Crippen LogP contribution < -0.4 is 10.6 Å². The molecule has 1 fully saturated rings. The standard InChI is InChI=1S/C12H15F3N2O/c13-12(14,15)9-2-1-3-10(6-9)17-5-4-11(16,7-17)8-18/h1-3,6,18H,4-5,7-8,16H2. The number of hydrogen-bond donors (Lipinski definition) is 2. The number of aliphatic hydroxyl groups excluding tert-OH is 1. The van der Waals surface area contributed by atoms with Gasteiger partial charge in [-0.25, -0.2) is 0 Å². The van der Waals surface area contributed by atoms with Crippen LogP contribution in [0.3, 0.4) is 0 Å². The fraction of sp³-hybridized carbons (Fsp3) is 0.500. The van der Waals surface area contributed by atoms with Crippen LogP contribution in [0.5, 0.6) is 0 Å². The lowest BCUT2D eigenvalue weighted by Crippen LogP contribution is -2.46. The van der Waals surface area contributed by atoms with E-state index >= 15 is 0 Å². The van der Waals surface area contributed by atoms with Crippen LogP contribution in [0, 0.1) is 0 Å². The number of benzene rings is 1. The highest BCUT2D eigenvalue weighted by Crippen LogP contribution is 2.33. The van der Waals surface area contributed by atoms with Crippen LogP contribution in [0.25, 0.3) is 0 Å². The molecule has 1 aromatic carbocycles. The summed E-state index contributed by atoms with van der Waals surface area (Å²) in [5.41, 5.74) is 5.01. The van der Waals surface area contributed by atoms with Crippen LogP contribution >= 0.6 is 0 Å². The van der Waals surface area contributed by atoms with Crippen molar-refractivity contribution in [2.75, 3.05) is 24.6 Å². The summed E-state index contributed by atoms with van der Waals surface area (Å²) in [6.45, 7) is 0.756. The van der Waals surface area contributed by atoms with Gasteiger partial charge in [-0.2, -0.15) is 13.2 Å². The van der Waals surface area contributed by atoms with Gasteiger partial charge in [-0.15, -0.1) is 0 Å². The quantitative estimate of drug-likeness (QED) is 0.849. The molecule has 0 spiro atoms. The van der Waals surface area contributed by atoms with Crippen molar-refractivity contribution in [1.82, 2.24) is 0 Å². The van der Waals surface area contributed by atoms with Gasteiger partial charge in [-0.1, -0.05) is 6.07 Å². The van der Waals surface area contributed by atoms with Crippen molar-refractivity contribution in [2.45, 2.75) is 18.1 Å². The van der Waals surface area contributed by atoms with Gasteiger partial charge in [0, 0.05) is 18.8 Å². The van der Waals surface area contributed by atoms with Crippen LogP contribution in [0.15, 0.2) is 24.3 Å². The minimum atomic E-state index is -4.34. The summed E-state index contributed by atoms with van der Waals surface area (Å²) in [5, 5.41) is 9.14. The molecule has 1 saturated heterocycles. The molecule has 1 atom stereocenters. The van der Waals surface area contributed by atoms with Gasteiger partial charge in [0.1, 0.15) is 0 Å². The number of aliphatic hydroxyl groups is 1.